The van der Waals surface area contributed by atoms with Crippen LogP contribution < -0.4 is 27.8 Å². The second kappa shape index (κ2) is 13.8. The average molecular weight is 501 g/mol. The lowest BCUT2D eigenvalue weighted by Crippen LogP contribution is -2.56. The summed E-state index contributed by atoms with van der Waals surface area (Å²) in [7, 11) is 0. The first-order valence-corrected chi connectivity index (χ1v) is 11.0. The van der Waals surface area contributed by atoms with Crippen molar-refractivity contribution in [3.63, 3.8) is 0 Å². The van der Waals surface area contributed by atoms with Crippen LogP contribution in [0.1, 0.15) is 51.4 Å². The largest absolute Gasteiger partial charge is 0.481 e. The molecular formula is C20H32N6O9. The molecule has 0 spiro atoms. The van der Waals surface area contributed by atoms with Gasteiger partial charge in [0.05, 0.1) is 6.04 Å². The lowest BCUT2D eigenvalue weighted by Gasteiger charge is -2.28. The number of nitrogens with two attached hydrogens (primary N) is 3. The molecule has 1 aliphatic heterocycles. The number of carboxylic acids is 2. The molecule has 0 aromatic rings. The van der Waals surface area contributed by atoms with Gasteiger partial charge in [0.25, 0.3) is 0 Å². The quantitative estimate of drug-likeness (QED) is 0.118. The Morgan fingerprint density at radius 2 is 1.43 bits per heavy atom. The van der Waals surface area contributed by atoms with Crippen LogP contribution in [0.3, 0.4) is 0 Å². The van der Waals surface area contributed by atoms with Gasteiger partial charge in [-0.2, -0.15) is 0 Å². The highest BCUT2D eigenvalue weighted by atomic mass is 16.4. The Morgan fingerprint density at radius 1 is 0.857 bits per heavy atom. The number of nitrogens with zero attached hydrogens (tertiary/aromatic N) is 1. The van der Waals surface area contributed by atoms with E-state index in [-0.39, 0.29) is 45.1 Å². The average Bonchev–Trinajstić information content (AvgIpc) is 3.26. The molecule has 196 valence electrons. The molecule has 35 heavy (non-hydrogen) atoms. The number of likely N-dealkylation sites (tertiary alicyclic amines) is 1. The van der Waals surface area contributed by atoms with Crippen molar-refractivity contribution in [2.24, 2.45) is 17.2 Å². The zero-order valence-electron chi connectivity index (χ0n) is 19.1. The lowest BCUT2D eigenvalue weighted by molar-refractivity contribution is -0.144. The summed E-state index contributed by atoms with van der Waals surface area (Å²) in [6, 6.07) is -4.97. The molecule has 15 nitrogen and oxygen atoms in total. The van der Waals surface area contributed by atoms with Crippen molar-refractivity contribution in [1.82, 2.24) is 15.5 Å². The van der Waals surface area contributed by atoms with E-state index in [9.17, 15) is 38.7 Å². The summed E-state index contributed by atoms with van der Waals surface area (Å²) in [5.74, 6) is -6.39. The van der Waals surface area contributed by atoms with Crippen LogP contribution >= 0.6 is 0 Å². The molecular weight excluding hydrogens is 468 g/mol. The van der Waals surface area contributed by atoms with Gasteiger partial charge >= 0.3 is 11.9 Å². The number of rotatable bonds is 15. The predicted octanol–water partition coefficient (Wildman–Crippen LogP) is -3.25. The third kappa shape index (κ3) is 9.95. The Kier molecular flexibility index (Phi) is 11.6. The molecule has 0 radical (unpaired) electrons. The first kappa shape index (κ1) is 29.3. The summed E-state index contributed by atoms with van der Waals surface area (Å²) in [5.41, 5.74) is 15.9. The number of hydrogen-bond acceptors (Lipinski definition) is 8. The van der Waals surface area contributed by atoms with Crippen molar-refractivity contribution in [3.05, 3.63) is 0 Å². The molecule has 1 aliphatic rings. The second-order valence-corrected chi connectivity index (χ2v) is 8.20. The molecule has 1 saturated heterocycles. The number of carbonyl (C=O) groups is 7. The number of hydrogen-bond donors (Lipinski definition) is 7. The van der Waals surface area contributed by atoms with Crippen LogP contribution in [0.25, 0.3) is 0 Å². The summed E-state index contributed by atoms with van der Waals surface area (Å²) in [6.07, 6.45) is -0.893. The molecule has 0 aliphatic carbocycles. The predicted molar refractivity (Wildman–Crippen MR) is 118 cm³/mol. The number of aliphatic carboxylic acids is 2. The summed E-state index contributed by atoms with van der Waals surface area (Å²) < 4.78 is 0. The number of carboxylic acid groups (broad SMARTS) is 2. The highest BCUT2D eigenvalue weighted by Gasteiger charge is 2.38. The molecule has 4 unspecified atom stereocenters. The standard InChI is InChI=1S/C20H32N6O9/c21-10(3-6-14(22)27)19(33)26-9-1-2-13(26)18(32)24-11(5-8-16(29)30)17(31)25-12(20(34)35)4-7-15(23)28/h10-13H,1-9,21H2,(H2,22,27)(H2,23,28)(H,24,32)(H,25,31)(H,29,30)(H,34,35). The lowest BCUT2D eigenvalue weighted by atomic mass is 10.1. The van der Waals surface area contributed by atoms with E-state index < -0.39 is 72.1 Å². The minimum atomic E-state index is -1.49. The van der Waals surface area contributed by atoms with Gasteiger partial charge in [-0.05, 0) is 32.1 Å². The third-order valence-electron chi connectivity index (χ3n) is 5.43. The monoisotopic (exact) mass is 500 g/mol. The molecule has 10 N–H and O–H groups in total. The van der Waals surface area contributed by atoms with Crippen LogP contribution in [0.5, 0.6) is 0 Å². The Hall–Kier alpha value is -3.75. The van der Waals surface area contributed by atoms with Gasteiger partial charge in [0.1, 0.15) is 18.1 Å². The van der Waals surface area contributed by atoms with Crippen LogP contribution in [0, 0.1) is 0 Å². The van der Waals surface area contributed by atoms with Gasteiger partial charge in [-0.1, -0.05) is 0 Å². The summed E-state index contributed by atoms with van der Waals surface area (Å²) in [5, 5.41) is 22.8. The maximum atomic E-state index is 12.9. The number of amides is 5. The van der Waals surface area contributed by atoms with E-state index in [1.807, 2.05) is 0 Å². The van der Waals surface area contributed by atoms with Crippen molar-refractivity contribution < 1.29 is 43.8 Å². The van der Waals surface area contributed by atoms with E-state index in [2.05, 4.69) is 10.6 Å². The summed E-state index contributed by atoms with van der Waals surface area (Å²) >= 11 is 0. The van der Waals surface area contributed by atoms with E-state index in [1.165, 1.54) is 4.90 Å². The van der Waals surface area contributed by atoms with Crippen LogP contribution in [0.2, 0.25) is 0 Å². The SMILES string of the molecule is NC(=O)CCC(N)C(=O)N1CCCC1C(=O)NC(CCC(=O)O)C(=O)NC(CCC(N)=O)C(=O)O. The van der Waals surface area contributed by atoms with Crippen molar-refractivity contribution >= 4 is 41.5 Å². The molecule has 1 rings (SSSR count). The molecule has 0 bridgehead atoms. The smallest absolute Gasteiger partial charge is 0.326 e. The maximum absolute atomic E-state index is 12.9. The molecule has 15 heteroatoms. The highest BCUT2D eigenvalue weighted by molar-refractivity contribution is 5.94. The molecule has 5 amide bonds. The number of nitrogens with one attached hydrogen (secondary N) is 2. The Morgan fingerprint density at radius 3 is 1.97 bits per heavy atom. The minimum absolute atomic E-state index is 0.00940. The fraction of sp³-hybridized carbons (Fsp3) is 0.650. The Balaban J connectivity index is 2.92. The van der Waals surface area contributed by atoms with E-state index in [0.717, 1.165) is 0 Å². The topological polar surface area (TPSA) is 265 Å². The first-order valence-electron chi connectivity index (χ1n) is 11.0. The summed E-state index contributed by atoms with van der Waals surface area (Å²) in [4.78, 5) is 83.8. The van der Waals surface area contributed by atoms with Crippen LogP contribution in [-0.2, 0) is 33.6 Å². The van der Waals surface area contributed by atoms with Crippen LogP contribution in [-0.4, -0.2) is 87.3 Å². The van der Waals surface area contributed by atoms with Crippen molar-refractivity contribution in [3.8, 4) is 0 Å². The van der Waals surface area contributed by atoms with Crippen LogP contribution in [0.4, 0.5) is 0 Å². The molecule has 1 heterocycles. The summed E-state index contributed by atoms with van der Waals surface area (Å²) in [6.45, 7) is 0.210. The number of primary amides is 2. The highest BCUT2D eigenvalue weighted by Crippen LogP contribution is 2.19. The van der Waals surface area contributed by atoms with E-state index in [0.29, 0.717) is 6.42 Å². The van der Waals surface area contributed by atoms with Crippen molar-refractivity contribution in [2.45, 2.75) is 75.5 Å². The molecule has 0 aromatic carbocycles. The number of carbonyl (C=O) groups excluding carboxylic acids is 5. The fourth-order valence-corrected chi connectivity index (χ4v) is 3.56. The fourth-order valence-electron chi connectivity index (χ4n) is 3.56. The Labute approximate surface area is 200 Å². The zero-order valence-corrected chi connectivity index (χ0v) is 19.1. The normalized spacial score (nSPS) is 17.6. The van der Waals surface area contributed by atoms with E-state index in [1.54, 1.807) is 0 Å². The molecule has 4 atom stereocenters. The van der Waals surface area contributed by atoms with Gasteiger partial charge in [0, 0.05) is 25.8 Å². The van der Waals surface area contributed by atoms with Gasteiger partial charge in [-0.3, -0.25) is 28.8 Å². The Bertz CT molecular complexity index is 849. The van der Waals surface area contributed by atoms with Crippen LogP contribution in [0.15, 0.2) is 0 Å². The van der Waals surface area contributed by atoms with Gasteiger partial charge in [-0.15, -0.1) is 0 Å². The van der Waals surface area contributed by atoms with Gasteiger partial charge in [-0.25, -0.2) is 4.79 Å². The minimum Gasteiger partial charge on any atom is -0.481 e. The molecule has 1 fully saturated rings. The van der Waals surface area contributed by atoms with Gasteiger partial charge in [0.2, 0.25) is 29.5 Å². The second-order valence-electron chi connectivity index (χ2n) is 8.20. The van der Waals surface area contributed by atoms with Gasteiger partial charge < -0.3 is 42.9 Å². The van der Waals surface area contributed by atoms with E-state index in [4.69, 9.17) is 22.3 Å². The maximum Gasteiger partial charge on any atom is 0.326 e. The van der Waals surface area contributed by atoms with Crippen molar-refractivity contribution in [2.75, 3.05) is 6.54 Å². The zero-order chi connectivity index (χ0) is 26.7. The molecule has 0 saturated carbocycles. The third-order valence-corrected chi connectivity index (χ3v) is 5.43. The first-order chi connectivity index (χ1) is 16.3. The molecule has 0 aromatic heterocycles. The van der Waals surface area contributed by atoms with Gasteiger partial charge in [0.15, 0.2) is 0 Å². The van der Waals surface area contributed by atoms with Crippen molar-refractivity contribution in [1.29, 1.82) is 0 Å². The van der Waals surface area contributed by atoms with E-state index >= 15 is 0 Å².